The second kappa shape index (κ2) is 22.9. The number of rotatable bonds is 11. The quantitative estimate of drug-likeness (QED) is 0.129. The molecule has 2 aromatic heterocycles. The van der Waals surface area contributed by atoms with E-state index >= 15 is 0 Å². The molecule has 0 N–H and O–H groups in total. The topological polar surface area (TPSA) is 32.8 Å². The van der Waals surface area contributed by atoms with Crippen molar-refractivity contribution in [2.24, 2.45) is 0 Å². The van der Waals surface area contributed by atoms with Crippen LogP contribution in [-0.2, 0) is 10.8 Å². The predicted molar refractivity (Wildman–Crippen MR) is 428 cm³/mol. The molecule has 0 saturated carbocycles. The van der Waals surface area contributed by atoms with Crippen molar-refractivity contribution >= 4 is 99.5 Å². The smallest absolute Gasteiger partial charge is 0.143 e. The molecule has 2 aliphatic carbocycles. The van der Waals surface area contributed by atoms with Gasteiger partial charge in [-0.1, -0.05) is 270 Å². The van der Waals surface area contributed by atoms with Gasteiger partial charge in [-0.3, -0.25) is 0 Å². The number of furan rings is 2. The van der Waals surface area contributed by atoms with E-state index in [1.807, 2.05) is 12.1 Å². The molecule has 4 heteroatoms. The monoisotopic (exact) mass is 1300 g/mol. The minimum Gasteiger partial charge on any atom is -0.455 e. The van der Waals surface area contributed by atoms with Crippen LogP contribution in [-0.4, -0.2) is 0 Å². The fourth-order valence-electron chi connectivity index (χ4n) is 17.0. The number of hydrogen-bond donors (Lipinski definition) is 0. The number of para-hydroxylation sites is 4. The molecule has 0 saturated heterocycles. The van der Waals surface area contributed by atoms with Crippen LogP contribution in [0.3, 0.4) is 0 Å². The molecule has 0 unspecified atom stereocenters. The molecule has 102 heavy (non-hydrogen) atoms. The van der Waals surface area contributed by atoms with Crippen LogP contribution < -0.4 is 9.80 Å². The minimum atomic E-state index is -0.275. The summed E-state index contributed by atoms with van der Waals surface area (Å²) in [6.45, 7) is 9.51. The Morgan fingerprint density at radius 2 is 0.529 bits per heavy atom. The summed E-state index contributed by atoms with van der Waals surface area (Å²) < 4.78 is 13.1. The van der Waals surface area contributed by atoms with Gasteiger partial charge in [-0.05, 0) is 197 Å². The van der Waals surface area contributed by atoms with Crippen LogP contribution >= 0.6 is 0 Å². The van der Waals surface area contributed by atoms with E-state index in [0.29, 0.717) is 0 Å². The van der Waals surface area contributed by atoms with Gasteiger partial charge in [0.25, 0.3) is 0 Å². The molecule has 16 aromatic carbocycles. The van der Waals surface area contributed by atoms with Gasteiger partial charge in [-0.2, -0.15) is 0 Å². The van der Waals surface area contributed by atoms with Crippen LogP contribution in [0.4, 0.5) is 34.1 Å². The van der Waals surface area contributed by atoms with E-state index in [1.165, 1.54) is 66.1 Å². The molecule has 2 heterocycles. The highest BCUT2D eigenvalue weighted by molar-refractivity contribution is 6.11. The third-order valence-electron chi connectivity index (χ3n) is 22.3. The van der Waals surface area contributed by atoms with E-state index in [0.717, 1.165) is 134 Å². The molecule has 4 nitrogen and oxygen atoms in total. The molecule has 0 fully saturated rings. The Kier molecular flexibility index (Phi) is 13.3. The van der Waals surface area contributed by atoms with Crippen LogP contribution in [0.15, 0.2) is 349 Å². The Balaban J connectivity index is 0.601. The van der Waals surface area contributed by atoms with Crippen molar-refractivity contribution in [1.82, 2.24) is 0 Å². The number of anilines is 6. The third kappa shape index (κ3) is 9.36. The van der Waals surface area contributed by atoms with Gasteiger partial charge >= 0.3 is 0 Å². The number of benzene rings is 16. The molecular weight excluding hydrogens is 1240 g/mol. The maximum absolute atomic E-state index is 6.56. The van der Waals surface area contributed by atoms with E-state index in [1.54, 1.807) is 0 Å². The second-order valence-corrected chi connectivity index (χ2v) is 28.7. The lowest BCUT2D eigenvalue weighted by Crippen LogP contribution is -2.17. The van der Waals surface area contributed by atoms with Crippen LogP contribution in [0, 0.1) is 0 Å². The summed E-state index contributed by atoms with van der Waals surface area (Å²) in [6, 6.07) is 125. The van der Waals surface area contributed by atoms with Crippen molar-refractivity contribution in [3.63, 3.8) is 0 Å². The lowest BCUT2D eigenvalue weighted by molar-refractivity contribution is 0.660. The van der Waals surface area contributed by atoms with Crippen molar-refractivity contribution in [3.05, 3.63) is 362 Å². The summed E-state index contributed by atoms with van der Waals surface area (Å²) >= 11 is 0. The Hall–Kier alpha value is -12.8. The largest absolute Gasteiger partial charge is 0.455 e. The SMILES string of the molecule is CC1(C)c2cc(-c3cccc4c3oc3ccccc34)ccc2-c2ccc(N(c3ccc(-c4cccc(-c5cccc(-c6ccc(N(c7ccc8c(c7)C(C)(C)c7cc(-c9cccc%10c9oc9ccccc9%10)ccc7-8)c7cccc8ccccc78)cc6)c5)c4)cc3)c3cccc4ccccc34)cc21. The fourth-order valence-corrected chi connectivity index (χ4v) is 17.0. The number of fused-ring (bicyclic) bond motifs is 14. The van der Waals surface area contributed by atoms with Crippen molar-refractivity contribution in [3.8, 4) is 77.9 Å². The van der Waals surface area contributed by atoms with Gasteiger partial charge in [-0.25, -0.2) is 0 Å². The molecule has 0 aliphatic heterocycles. The number of hydrogen-bond acceptors (Lipinski definition) is 4. The molecule has 482 valence electrons. The molecule has 0 atom stereocenters. The van der Waals surface area contributed by atoms with Gasteiger partial charge in [0.15, 0.2) is 0 Å². The molecule has 0 spiro atoms. The second-order valence-electron chi connectivity index (χ2n) is 28.7. The highest BCUT2D eigenvalue weighted by Gasteiger charge is 2.39. The Labute approximate surface area is 592 Å². The summed E-state index contributed by atoms with van der Waals surface area (Å²) in [5, 5.41) is 9.36. The van der Waals surface area contributed by atoms with Gasteiger partial charge in [-0.15, -0.1) is 0 Å². The maximum Gasteiger partial charge on any atom is 0.143 e. The highest BCUT2D eigenvalue weighted by atomic mass is 16.3. The normalized spacial score (nSPS) is 13.3. The zero-order valence-electron chi connectivity index (χ0n) is 57.0. The summed E-state index contributed by atoms with van der Waals surface area (Å²) in [5.74, 6) is 0. The van der Waals surface area contributed by atoms with E-state index < -0.39 is 0 Å². The molecule has 0 bridgehead atoms. The fraction of sp³-hybridized carbons (Fsp3) is 0.0612. The number of nitrogens with zero attached hydrogens (tertiary/aromatic N) is 2. The summed E-state index contributed by atoms with van der Waals surface area (Å²) in [6.07, 6.45) is 0. The van der Waals surface area contributed by atoms with Crippen LogP contribution in [0.5, 0.6) is 0 Å². The molecule has 0 amide bonds. The Bertz CT molecular complexity index is 6060. The van der Waals surface area contributed by atoms with E-state index in [2.05, 4.69) is 365 Å². The molecular formula is C98H68N2O2. The Morgan fingerprint density at radius 1 is 0.216 bits per heavy atom. The standard InChI is InChI=1S/C98H68N2O2/c1-97(2)87-57-69(77-31-17-33-85-83-29-9-11-37-93(83)101-95(77)85)43-51-79(87)81-53-49-73(59-89(81)97)99(91-35-15-21-63-19-5-7-27-75(63)91)71-45-39-61(40-46-71)65-23-13-25-67(55-65)68-26-14-24-66(56-68)62-41-47-72(48-42-62)100(92-36-16-22-64-20-6-8-28-76(64)92)74-50-54-82-80-52-44-70(58-88(80)98(3,4)90(82)60-74)78-32-18-34-86-84-30-10-12-38-94(84)102-96(78)86/h5-60H,1-4H3. The van der Waals surface area contributed by atoms with Crippen LogP contribution in [0.2, 0.25) is 0 Å². The molecule has 0 radical (unpaired) electrons. The van der Waals surface area contributed by atoms with Crippen LogP contribution in [0.25, 0.3) is 143 Å². The zero-order valence-corrected chi connectivity index (χ0v) is 57.0. The Morgan fingerprint density at radius 3 is 0.961 bits per heavy atom. The minimum absolute atomic E-state index is 0.275. The van der Waals surface area contributed by atoms with Crippen LogP contribution in [0.1, 0.15) is 49.9 Å². The highest BCUT2D eigenvalue weighted by Crippen LogP contribution is 2.55. The first kappa shape index (κ1) is 59.3. The molecule has 18 aromatic rings. The zero-order chi connectivity index (χ0) is 68.0. The first-order valence-electron chi connectivity index (χ1n) is 35.4. The first-order chi connectivity index (χ1) is 50.1. The van der Waals surface area contributed by atoms with E-state index in [9.17, 15) is 0 Å². The molecule has 2 aliphatic rings. The lowest BCUT2D eigenvalue weighted by Gasteiger charge is -2.29. The summed E-state index contributed by atoms with van der Waals surface area (Å²) in [5.41, 5.74) is 31.6. The van der Waals surface area contributed by atoms with E-state index in [-0.39, 0.29) is 10.8 Å². The first-order valence-corrected chi connectivity index (χ1v) is 35.4. The van der Waals surface area contributed by atoms with Crippen molar-refractivity contribution in [1.29, 1.82) is 0 Å². The predicted octanol–water partition coefficient (Wildman–Crippen LogP) is 27.7. The third-order valence-corrected chi connectivity index (χ3v) is 22.3. The summed E-state index contributed by atoms with van der Waals surface area (Å²) in [7, 11) is 0. The van der Waals surface area contributed by atoms with Gasteiger partial charge in [0.1, 0.15) is 22.3 Å². The van der Waals surface area contributed by atoms with E-state index in [4.69, 9.17) is 8.83 Å². The maximum atomic E-state index is 6.56. The van der Waals surface area contributed by atoms with Crippen molar-refractivity contribution < 1.29 is 8.83 Å². The lowest BCUT2D eigenvalue weighted by atomic mass is 9.81. The summed E-state index contributed by atoms with van der Waals surface area (Å²) in [4.78, 5) is 4.89. The van der Waals surface area contributed by atoms with Crippen molar-refractivity contribution in [2.75, 3.05) is 9.80 Å². The van der Waals surface area contributed by atoms with Gasteiger partial charge in [0.2, 0.25) is 0 Å². The molecule has 20 rings (SSSR count). The van der Waals surface area contributed by atoms with Gasteiger partial charge < -0.3 is 18.6 Å². The van der Waals surface area contributed by atoms with Gasteiger partial charge in [0.05, 0.1) is 11.4 Å². The van der Waals surface area contributed by atoms with Gasteiger partial charge in [0, 0.05) is 77.0 Å². The average Bonchev–Trinajstić information content (AvgIpc) is 1.57. The average molecular weight is 1310 g/mol. The van der Waals surface area contributed by atoms with Crippen molar-refractivity contribution in [2.45, 2.75) is 38.5 Å².